The third-order valence-corrected chi connectivity index (χ3v) is 3.07. The topological polar surface area (TPSA) is 78.6 Å². The van der Waals surface area contributed by atoms with E-state index in [2.05, 4.69) is 10.3 Å². The van der Waals surface area contributed by atoms with Gasteiger partial charge in [-0.2, -0.15) is 0 Å². The number of anilines is 1. The Balaban J connectivity index is 2.20. The Morgan fingerprint density at radius 1 is 1.52 bits per heavy atom. The molecule has 0 aliphatic heterocycles. The van der Waals surface area contributed by atoms with Crippen molar-refractivity contribution in [3.05, 3.63) is 47.0 Å². The normalized spacial score (nSPS) is 12.0. The average molecular weight is 310 g/mol. The van der Waals surface area contributed by atoms with E-state index in [0.717, 1.165) is 0 Å². The summed E-state index contributed by atoms with van der Waals surface area (Å²) in [5.41, 5.74) is 0.365. The van der Waals surface area contributed by atoms with Crippen LogP contribution in [0.2, 0.25) is 5.15 Å². The zero-order chi connectivity index (χ0) is 15.4. The molecule has 0 aliphatic carbocycles. The van der Waals surface area contributed by atoms with Crippen LogP contribution in [0.1, 0.15) is 22.2 Å². The summed E-state index contributed by atoms with van der Waals surface area (Å²) in [6.45, 7) is -0.265. The number of furan rings is 1. The van der Waals surface area contributed by atoms with Gasteiger partial charge in [-0.15, -0.1) is 0 Å². The monoisotopic (exact) mass is 309 g/mol. The SMILES string of the molecule is CN(C)c1cc(C(=O)NC(CO)c2ccco2)cc(Cl)n1. The van der Waals surface area contributed by atoms with Gasteiger partial charge in [-0.05, 0) is 24.3 Å². The maximum Gasteiger partial charge on any atom is 0.252 e. The van der Waals surface area contributed by atoms with E-state index in [9.17, 15) is 9.90 Å². The Labute approximate surface area is 127 Å². The fourth-order valence-electron chi connectivity index (χ4n) is 1.78. The van der Waals surface area contributed by atoms with Crippen LogP contribution >= 0.6 is 11.6 Å². The number of rotatable bonds is 5. The molecule has 0 saturated heterocycles. The lowest BCUT2D eigenvalue weighted by Gasteiger charge is -2.16. The summed E-state index contributed by atoms with van der Waals surface area (Å²) in [6.07, 6.45) is 1.48. The van der Waals surface area contributed by atoms with Crippen LogP contribution in [0, 0.1) is 0 Å². The summed E-state index contributed by atoms with van der Waals surface area (Å²) < 4.78 is 5.19. The maximum absolute atomic E-state index is 12.3. The second-order valence-corrected chi connectivity index (χ2v) is 5.04. The van der Waals surface area contributed by atoms with Gasteiger partial charge in [0.25, 0.3) is 5.91 Å². The van der Waals surface area contributed by atoms with E-state index in [1.54, 1.807) is 37.2 Å². The number of carbonyl (C=O) groups excluding carboxylic acids is 1. The molecule has 112 valence electrons. The Kier molecular flexibility index (Phi) is 4.82. The molecule has 0 saturated carbocycles. The zero-order valence-corrected chi connectivity index (χ0v) is 12.5. The molecule has 1 amide bonds. The average Bonchev–Trinajstić information content (AvgIpc) is 2.97. The molecule has 0 aliphatic rings. The first-order valence-electron chi connectivity index (χ1n) is 6.31. The van der Waals surface area contributed by atoms with Gasteiger partial charge in [0.1, 0.15) is 22.8 Å². The minimum Gasteiger partial charge on any atom is -0.467 e. The smallest absolute Gasteiger partial charge is 0.252 e. The van der Waals surface area contributed by atoms with Gasteiger partial charge >= 0.3 is 0 Å². The Hall–Kier alpha value is -2.05. The van der Waals surface area contributed by atoms with E-state index in [4.69, 9.17) is 16.0 Å². The number of hydrogen-bond donors (Lipinski definition) is 2. The molecular formula is C14H16ClN3O3. The lowest BCUT2D eigenvalue weighted by atomic mass is 10.2. The number of nitrogens with one attached hydrogen (secondary N) is 1. The lowest BCUT2D eigenvalue weighted by Crippen LogP contribution is -2.30. The maximum atomic E-state index is 12.3. The van der Waals surface area contributed by atoms with Gasteiger partial charge in [0.2, 0.25) is 0 Å². The van der Waals surface area contributed by atoms with Gasteiger partial charge in [-0.25, -0.2) is 4.98 Å². The van der Waals surface area contributed by atoms with Crippen molar-refractivity contribution in [1.29, 1.82) is 0 Å². The van der Waals surface area contributed by atoms with Crippen molar-refractivity contribution < 1.29 is 14.3 Å². The van der Waals surface area contributed by atoms with Crippen LogP contribution < -0.4 is 10.2 Å². The second kappa shape index (κ2) is 6.60. The van der Waals surface area contributed by atoms with Crippen molar-refractivity contribution in [2.75, 3.05) is 25.6 Å². The van der Waals surface area contributed by atoms with Crippen LogP contribution in [0.4, 0.5) is 5.82 Å². The molecule has 0 spiro atoms. The molecule has 0 bridgehead atoms. The summed E-state index contributed by atoms with van der Waals surface area (Å²) in [5.74, 6) is 0.697. The van der Waals surface area contributed by atoms with Gasteiger partial charge < -0.3 is 19.7 Å². The molecule has 0 aromatic carbocycles. The highest BCUT2D eigenvalue weighted by Crippen LogP contribution is 2.18. The number of hydrogen-bond acceptors (Lipinski definition) is 5. The first-order chi connectivity index (χ1) is 10.0. The van der Waals surface area contributed by atoms with Crippen molar-refractivity contribution >= 4 is 23.3 Å². The van der Waals surface area contributed by atoms with Gasteiger partial charge in [-0.3, -0.25) is 4.79 Å². The molecule has 0 fully saturated rings. The highest BCUT2D eigenvalue weighted by molar-refractivity contribution is 6.29. The summed E-state index contributed by atoms with van der Waals surface area (Å²) in [7, 11) is 3.61. The lowest BCUT2D eigenvalue weighted by molar-refractivity contribution is 0.0907. The molecule has 21 heavy (non-hydrogen) atoms. The number of amides is 1. The molecule has 2 aromatic rings. The predicted molar refractivity (Wildman–Crippen MR) is 79.6 cm³/mol. The number of aliphatic hydroxyl groups is 1. The van der Waals surface area contributed by atoms with E-state index in [0.29, 0.717) is 17.1 Å². The van der Waals surface area contributed by atoms with E-state index >= 15 is 0 Å². The minimum absolute atomic E-state index is 0.227. The van der Waals surface area contributed by atoms with Crippen molar-refractivity contribution in [3.63, 3.8) is 0 Å². The van der Waals surface area contributed by atoms with Crippen LogP contribution in [0.15, 0.2) is 34.9 Å². The Morgan fingerprint density at radius 3 is 2.86 bits per heavy atom. The fourth-order valence-corrected chi connectivity index (χ4v) is 1.99. The highest BCUT2D eigenvalue weighted by Gasteiger charge is 2.18. The molecule has 2 N–H and O–H groups in total. The van der Waals surface area contributed by atoms with Crippen LogP contribution in [0.5, 0.6) is 0 Å². The first-order valence-corrected chi connectivity index (χ1v) is 6.69. The molecule has 1 atom stereocenters. The summed E-state index contributed by atoms with van der Waals surface area (Å²) >= 11 is 5.92. The standard InChI is InChI=1S/C14H16ClN3O3/c1-18(2)13-7-9(6-12(15)17-13)14(20)16-10(8-19)11-4-3-5-21-11/h3-7,10,19H,8H2,1-2H3,(H,16,20). The fraction of sp³-hybridized carbons (Fsp3) is 0.286. The van der Waals surface area contributed by atoms with E-state index in [1.807, 2.05) is 0 Å². The van der Waals surface area contributed by atoms with Crippen LogP contribution in [0.3, 0.4) is 0 Å². The second-order valence-electron chi connectivity index (χ2n) is 4.66. The van der Waals surface area contributed by atoms with Gasteiger partial charge in [0.05, 0.1) is 12.9 Å². The number of halogens is 1. The molecule has 0 radical (unpaired) electrons. The summed E-state index contributed by atoms with van der Waals surface area (Å²) in [5, 5.41) is 12.3. The third kappa shape index (κ3) is 3.74. The van der Waals surface area contributed by atoms with Gasteiger partial charge in [-0.1, -0.05) is 11.6 Å². The van der Waals surface area contributed by atoms with E-state index < -0.39 is 6.04 Å². The molecule has 6 nitrogen and oxygen atoms in total. The summed E-state index contributed by atoms with van der Waals surface area (Å²) in [6, 6.07) is 5.86. The Bertz CT molecular complexity index is 614. The van der Waals surface area contributed by atoms with Crippen molar-refractivity contribution in [1.82, 2.24) is 10.3 Å². The van der Waals surface area contributed by atoms with Crippen LogP contribution in [-0.4, -0.2) is 36.7 Å². The van der Waals surface area contributed by atoms with Crippen molar-refractivity contribution in [2.24, 2.45) is 0 Å². The van der Waals surface area contributed by atoms with Crippen LogP contribution in [-0.2, 0) is 0 Å². The quantitative estimate of drug-likeness (QED) is 0.824. The molecule has 7 heteroatoms. The number of aromatic nitrogens is 1. The molecular weight excluding hydrogens is 294 g/mol. The largest absolute Gasteiger partial charge is 0.467 e. The highest BCUT2D eigenvalue weighted by atomic mass is 35.5. The first kappa shape index (κ1) is 15.3. The number of aliphatic hydroxyl groups excluding tert-OH is 1. The molecule has 1 unspecified atom stereocenters. The number of nitrogens with zero attached hydrogens (tertiary/aromatic N) is 2. The molecule has 2 aromatic heterocycles. The molecule has 2 heterocycles. The molecule has 2 rings (SSSR count). The number of pyridine rings is 1. The van der Waals surface area contributed by atoms with E-state index in [-0.39, 0.29) is 17.7 Å². The zero-order valence-electron chi connectivity index (χ0n) is 11.7. The van der Waals surface area contributed by atoms with Gasteiger partial charge in [0.15, 0.2) is 0 Å². The van der Waals surface area contributed by atoms with Crippen molar-refractivity contribution in [3.8, 4) is 0 Å². The number of carbonyl (C=O) groups is 1. The van der Waals surface area contributed by atoms with E-state index in [1.165, 1.54) is 12.3 Å². The minimum atomic E-state index is -0.609. The predicted octanol–water partition coefficient (Wildman–Crippen LogP) is 1.86. The third-order valence-electron chi connectivity index (χ3n) is 2.88. The summed E-state index contributed by atoms with van der Waals surface area (Å²) in [4.78, 5) is 18.1. The van der Waals surface area contributed by atoms with Crippen molar-refractivity contribution in [2.45, 2.75) is 6.04 Å². The van der Waals surface area contributed by atoms with Gasteiger partial charge in [0, 0.05) is 19.7 Å². The van der Waals surface area contributed by atoms with Crippen LogP contribution in [0.25, 0.3) is 0 Å². The Morgan fingerprint density at radius 2 is 2.29 bits per heavy atom.